The molecule has 0 N–H and O–H groups in total. The summed E-state index contributed by atoms with van der Waals surface area (Å²) < 4.78 is 12.0. The third kappa shape index (κ3) is 2.90. The minimum absolute atomic E-state index is 0.341. The number of rotatable bonds is 4. The van der Waals surface area contributed by atoms with Gasteiger partial charge in [-0.3, -0.25) is 0 Å². The molecule has 0 atom stereocenters. The Hall–Kier alpha value is -1.20. The fourth-order valence-electron chi connectivity index (χ4n) is 2.53. The Morgan fingerprint density at radius 1 is 1.05 bits per heavy atom. The third-order valence-corrected chi connectivity index (χ3v) is 5.00. The van der Waals surface area contributed by atoms with Crippen molar-refractivity contribution >= 4 is 44.5 Å². The summed E-state index contributed by atoms with van der Waals surface area (Å²) in [6, 6.07) is 12.5. The van der Waals surface area contributed by atoms with Gasteiger partial charge >= 0.3 is 0 Å². The van der Waals surface area contributed by atoms with Gasteiger partial charge in [-0.1, -0.05) is 24.3 Å². The van der Waals surface area contributed by atoms with Crippen molar-refractivity contribution in [2.24, 2.45) is 0 Å². The molecule has 0 saturated heterocycles. The summed E-state index contributed by atoms with van der Waals surface area (Å²) in [7, 11) is 3.32. The van der Waals surface area contributed by atoms with Crippen molar-refractivity contribution in [3.8, 4) is 0 Å². The van der Waals surface area contributed by atoms with E-state index in [0.29, 0.717) is 0 Å². The first kappa shape index (κ1) is 14.7. The number of halogens is 1. The summed E-state index contributed by atoms with van der Waals surface area (Å²) in [4.78, 5) is 1.22. The molecular formula is C17H15BrO2S. The lowest BCUT2D eigenvalue weighted by molar-refractivity contribution is -0.0588. The maximum absolute atomic E-state index is 5.42. The van der Waals surface area contributed by atoms with Gasteiger partial charge in [-0.15, -0.1) is 11.3 Å². The highest BCUT2D eigenvalue weighted by atomic mass is 79.9. The molecule has 2 aromatic rings. The van der Waals surface area contributed by atoms with E-state index in [-0.39, 0.29) is 6.29 Å². The molecule has 0 bridgehead atoms. The molecule has 0 spiro atoms. The molecule has 0 unspecified atom stereocenters. The minimum Gasteiger partial charge on any atom is -0.352 e. The zero-order valence-corrected chi connectivity index (χ0v) is 14.2. The van der Waals surface area contributed by atoms with Crippen molar-refractivity contribution in [2.45, 2.75) is 6.29 Å². The Kier molecular flexibility index (Phi) is 4.40. The Balaban J connectivity index is 2.07. The van der Waals surface area contributed by atoms with Crippen molar-refractivity contribution in [2.75, 3.05) is 14.2 Å². The number of hydrogen-bond donors (Lipinski definition) is 0. The molecule has 0 radical (unpaired) electrons. The van der Waals surface area contributed by atoms with Gasteiger partial charge in [-0.2, -0.15) is 0 Å². The molecule has 0 aliphatic heterocycles. The highest BCUT2D eigenvalue weighted by Crippen LogP contribution is 2.39. The molecule has 1 aliphatic rings. The van der Waals surface area contributed by atoms with Gasteiger partial charge in [-0.05, 0) is 56.9 Å². The van der Waals surface area contributed by atoms with Crippen molar-refractivity contribution in [3.63, 3.8) is 0 Å². The molecule has 1 aromatic heterocycles. The highest BCUT2D eigenvalue weighted by Gasteiger charge is 2.24. The first-order chi connectivity index (χ1) is 10.2. The molecule has 1 heterocycles. The van der Waals surface area contributed by atoms with Crippen LogP contribution in [0.1, 0.15) is 16.0 Å². The normalized spacial score (nSPS) is 15.6. The Morgan fingerprint density at radius 2 is 1.76 bits per heavy atom. The van der Waals surface area contributed by atoms with E-state index in [0.717, 1.165) is 9.36 Å². The molecule has 1 aromatic carbocycles. The second kappa shape index (κ2) is 6.28. The van der Waals surface area contributed by atoms with Gasteiger partial charge in [0.2, 0.25) is 0 Å². The number of hydrogen-bond acceptors (Lipinski definition) is 3. The van der Waals surface area contributed by atoms with Crippen LogP contribution in [0.15, 0.2) is 46.3 Å². The number of fused-ring (bicyclic) bond motifs is 1. The lowest BCUT2D eigenvalue weighted by atomic mass is 10.0. The van der Waals surface area contributed by atoms with Crippen molar-refractivity contribution in [3.05, 3.63) is 62.3 Å². The first-order valence-electron chi connectivity index (χ1n) is 6.57. The van der Waals surface area contributed by atoms with Crippen LogP contribution >= 0.6 is 27.3 Å². The monoisotopic (exact) mass is 362 g/mol. The van der Waals surface area contributed by atoms with Crippen molar-refractivity contribution in [1.82, 2.24) is 0 Å². The van der Waals surface area contributed by atoms with E-state index < -0.39 is 0 Å². The highest BCUT2D eigenvalue weighted by molar-refractivity contribution is 9.11. The molecule has 4 heteroatoms. The standard InChI is InChI=1S/C17H15BrO2S/c1-19-17(20-2)15-10-11(9-12-7-8-16(18)21-12)13-5-3-4-6-14(13)15/h3-10,17H,1-2H3/b11-9+. The summed E-state index contributed by atoms with van der Waals surface area (Å²) in [6.07, 6.45) is 4.01. The smallest absolute Gasteiger partial charge is 0.183 e. The Morgan fingerprint density at radius 3 is 2.38 bits per heavy atom. The van der Waals surface area contributed by atoms with Crippen LogP contribution in [0.5, 0.6) is 0 Å². The summed E-state index contributed by atoms with van der Waals surface area (Å²) in [5.74, 6) is 0. The van der Waals surface area contributed by atoms with E-state index >= 15 is 0 Å². The lowest BCUT2D eigenvalue weighted by Crippen LogP contribution is -2.14. The number of benzene rings is 1. The van der Waals surface area contributed by atoms with Gasteiger partial charge in [-0.25, -0.2) is 0 Å². The van der Waals surface area contributed by atoms with Crippen molar-refractivity contribution in [1.29, 1.82) is 0 Å². The van der Waals surface area contributed by atoms with Crippen LogP contribution in [-0.2, 0) is 9.47 Å². The van der Waals surface area contributed by atoms with E-state index in [1.165, 1.54) is 21.6 Å². The summed E-state index contributed by atoms with van der Waals surface area (Å²) in [5, 5.41) is 0. The SMILES string of the molecule is COC(OC)C1=C/C(=C\c2ccc(Br)s2)c2ccccc21. The van der Waals surface area contributed by atoms with E-state index in [9.17, 15) is 0 Å². The second-order valence-corrected chi connectivity index (χ2v) is 7.18. The van der Waals surface area contributed by atoms with Gasteiger partial charge in [0.05, 0.1) is 3.79 Å². The summed E-state index contributed by atoms with van der Waals surface area (Å²) >= 11 is 5.22. The van der Waals surface area contributed by atoms with Crippen LogP contribution in [-0.4, -0.2) is 20.5 Å². The minimum atomic E-state index is -0.341. The molecule has 0 saturated carbocycles. The van der Waals surface area contributed by atoms with E-state index in [1.54, 1.807) is 25.6 Å². The molecular weight excluding hydrogens is 348 g/mol. The number of methoxy groups -OCH3 is 2. The zero-order valence-electron chi connectivity index (χ0n) is 11.8. The number of allylic oxidation sites excluding steroid dienone is 2. The molecule has 2 nitrogen and oxygen atoms in total. The Labute approximate surface area is 136 Å². The maximum atomic E-state index is 5.42. The predicted octanol–water partition coefficient (Wildman–Crippen LogP) is 5.07. The van der Waals surface area contributed by atoms with Crippen LogP contribution in [0, 0.1) is 0 Å². The van der Waals surface area contributed by atoms with E-state index in [1.807, 2.05) is 6.07 Å². The summed E-state index contributed by atoms with van der Waals surface area (Å²) in [5.41, 5.74) is 4.65. The average Bonchev–Trinajstić information content (AvgIpc) is 3.06. The van der Waals surface area contributed by atoms with Crippen LogP contribution in [0.4, 0.5) is 0 Å². The van der Waals surface area contributed by atoms with Gasteiger partial charge in [0, 0.05) is 24.7 Å². The first-order valence-corrected chi connectivity index (χ1v) is 8.18. The van der Waals surface area contributed by atoms with Gasteiger partial charge < -0.3 is 9.47 Å². The predicted molar refractivity (Wildman–Crippen MR) is 92.1 cm³/mol. The topological polar surface area (TPSA) is 18.5 Å². The van der Waals surface area contributed by atoms with Gasteiger partial charge in [0.25, 0.3) is 0 Å². The molecule has 0 fully saturated rings. The molecule has 1 aliphatic carbocycles. The Bertz CT molecular complexity index is 711. The van der Waals surface area contributed by atoms with Crippen LogP contribution in [0.3, 0.4) is 0 Å². The molecule has 3 rings (SSSR count). The van der Waals surface area contributed by atoms with Crippen molar-refractivity contribution < 1.29 is 9.47 Å². The largest absolute Gasteiger partial charge is 0.352 e. The lowest BCUT2D eigenvalue weighted by Gasteiger charge is -2.15. The maximum Gasteiger partial charge on any atom is 0.183 e. The summed E-state index contributed by atoms with van der Waals surface area (Å²) in [6.45, 7) is 0. The van der Waals surface area contributed by atoms with Crippen LogP contribution in [0.2, 0.25) is 0 Å². The molecule has 108 valence electrons. The second-order valence-electron chi connectivity index (χ2n) is 4.69. The number of thiophene rings is 1. The molecule has 0 amide bonds. The van der Waals surface area contributed by atoms with Gasteiger partial charge in [0.15, 0.2) is 6.29 Å². The number of ether oxygens (including phenoxy) is 2. The fraction of sp³-hybridized carbons (Fsp3) is 0.176. The fourth-order valence-corrected chi connectivity index (χ4v) is 3.91. The van der Waals surface area contributed by atoms with E-state index in [2.05, 4.69) is 58.4 Å². The molecule has 21 heavy (non-hydrogen) atoms. The third-order valence-electron chi connectivity index (χ3n) is 3.43. The average molecular weight is 363 g/mol. The van der Waals surface area contributed by atoms with Crippen LogP contribution < -0.4 is 0 Å². The van der Waals surface area contributed by atoms with Gasteiger partial charge in [0.1, 0.15) is 0 Å². The van der Waals surface area contributed by atoms with Crippen LogP contribution in [0.25, 0.3) is 17.2 Å². The zero-order chi connectivity index (χ0) is 14.8. The van der Waals surface area contributed by atoms with E-state index in [4.69, 9.17) is 9.47 Å². The quantitative estimate of drug-likeness (QED) is 0.707.